The molecule has 2 aliphatic rings. The Balaban J connectivity index is 1.43. The van der Waals surface area contributed by atoms with Crippen molar-refractivity contribution in [3.63, 3.8) is 0 Å². The van der Waals surface area contributed by atoms with Crippen LogP contribution in [0.3, 0.4) is 0 Å². The molecule has 1 N–H and O–H groups in total. The fraction of sp³-hybridized carbons (Fsp3) is 0.609. The molecule has 1 amide bonds. The first-order valence-corrected chi connectivity index (χ1v) is 13.3. The Hall–Kier alpha value is -2.66. The van der Waals surface area contributed by atoms with Gasteiger partial charge in [-0.25, -0.2) is 8.42 Å². The summed E-state index contributed by atoms with van der Waals surface area (Å²) >= 11 is 0. The fourth-order valence-electron chi connectivity index (χ4n) is 4.72. The summed E-state index contributed by atoms with van der Waals surface area (Å²) in [5.74, 6) is 1.24. The summed E-state index contributed by atoms with van der Waals surface area (Å²) < 4.78 is 44.2. The van der Waals surface area contributed by atoms with Crippen molar-refractivity contribution in [1.82, 2.24) is 19.8 Å². The molecule has 2 heterocycles. The van der Waals surface area contributed by atoms with Crippen molar-refractivity contribution in [2.24, 2.45) is 0 Å². The van der Waals surface area contributed by atoms with Crippen molar-refractivity contribution in [1.29, 1.82) is 0 Å². The Bertz CT molecular complexity index is 1100. The lowest BCUT2D eigenvalue weighted by molar-refractivity contribution is 0.0949. The van der Waals surface area contributed by atoms with E-state index < -0.39 is 16.1 Å². The lowest BCUT2D eigenvalue weighted by Gasteiger charge is -2.36. The van der Waals surface area contributed by atoms with E-state index in [1.54, 1.807) is 22.5 Å². The van der Waals surface area contributed by atoms with E-state index in [1.807, 2.05) is 0 Å². The topological polar surface area (TPSA) is 124 Å². The maximum atomic E-state index is 13.4. The highest BCUT2D eigenvalue weighted by molar-refractivity contribution is 7.89. The third-order valence-electron chi connectivity index (χ3n) is 6.58. The fourth-order valence-corrected chi connectivity index (χ4v) is 6.97. The van der Waals surface area contributed by atoms with Crippen molar-refractivity contribution in [2.45, 2.75) is 69.2 Å². The summed E-state index contributed by atoms with van der Waals surface area (Å²) in [5, 5.41) is 6.41. The number of methoxy groups -OCH3 is 2. The highest BCUT2D eigenvalue weighted by Crippen LogP contribution is 2.36. The van der Waals surface area contributed by atoms with Crippen LogP contribution < -0.4 is 14.8 Å². The van der Waals surface area contributed by atoms with Crippen LogP contribution >= 0.6 is 0 Å². The van der Waals surface area contributed by atoms with Crippen LogP contribution in [0.2, 0.25) is 0 Å². The molecule has 2 aromatic rings. The highest BCUT2D eigenvalue weighted by atomic mass is 32.2. The van der Waals surface area contributed by atoms with Gasteiger partial charge in [0.15, 0.2) is 17.3 Å². The maximum Gasteiger partial charge on any atom is 0.251 e. The normalized spacial score (nSPS) is 20.1. The first-order chi connectivity index (χ1) is 16.4. The Kier molecular flexibility index (Phi) is 7.72. The lowest BCUT2D eigenvalue weighted by Crippen LogP contribution is -2.44. The van der Waals surface area contributed by atoms with Gasteiger partial charge in [-0.3, -0.25) is 4.79 Å². The molecule has 186 valence electrons. The first kappa shape index (κ1) is 24.5. The molecule has 34 heavy (non-hydrogen) atoms. The zero-order valence-corrected chi connectivity index (χ0v) is 20.5. The Morgan fingerprint density at radius 3 is 2.56 bits per heavy atom. The SMILES string of the molecule is COc1ccc(C(=O)NCc2noc([C@@H]3CCCCN3S(=O)(=O)C3CCCCC3)n2)cc1OC. The predicted molar refractivity (Wildman–Crippen MR) is 124 cm³/mol. The lowest BCUT2D eigenvalue weighted by atomic mass is 10.0. The Morgan fingerprint density at radius 1 is 1.09 bits per heavy atom. The molecule has 11 heteroatoms. The van der Waals surface area contributed by atoms with Gasteiger partial charge < -0.3 is 19.3 Å². The average molecular weight is 493 g/mol. The van der Waals surface area contributed by atoms with Gasteiger partial charge >= 0.3 is 0 Å². The molecule has 1 aromatic heterocycles. The quantitative estimate of drug-likeness (QED) is 0.596. The minimum Gasteiger partial charge on any atom is -0.493 e. The third-order valence-corrected chi connectivity index (χ3v) is 8.98. The molecule has 1 saturated heterocycles. The molecule has 1 aromatic carbocycles. The van der Waals surface area contributed by atoms with Gasteiger partial charge in [-0.2, -0.15) is 9.29 Å². The number of sulfonamides is 1. The number of nitrogens with zero attached hydrogens (tertiary/aromatic N) is 3. The third kappa shape index (κ3) is 5.20. The highest BCUT2D eigenvalue weighted by Gasteiger charge is 2.41. The Morgan fingerprint density at radius 2 is 1.82 bits per heavy atom. The molecule has 1 aliphatic carbocycles. The van der Waals surface area contributed by atoms with Gasteiger partial charge in [0.2, 0.25) is 15.9 Å². The van der Waals surface area contributed by atoms with Crippen LogP contribution in [0.15, 0.2) is 22.7 Å². The van der Waals surface area contributed by atoms with Crippen molar-refractivity contribution in [2.75, 3.05) is 20.8 Å². The molecule has 2 fully saturated rings. The number of nitrogens with one attached hydrogen (secondary N) is 1. The van der Waals surface area contributed by atoms with Crippen molar-refractivity contribution < 1.29 is 27.2 Å². The van der Waals surface area contributed by atoms with Crippen LogP contribution in [-0.2, 0) is 16.6 Å². The summed E-state index contributed by atoms with van der Waals surface area (Å²) in [4.78, 5) is 17.0. The number of amides is 1. The number of benzene rings is 1. The molecule has 1 saturated carbocycles. The molecule has 1 atom stereocenters. The van der Waals surface area contributed by atoms with Gasteiger partial charge in [-0.15, -0.1) is 0 Å². The van der Waals surface area contributed by atoms with E-state index in [0.29, 0.717) is 48.7 Å². The number of piperidine rings is 1. The molecular formula is C23H32N4O6S. The second-order valence-corrected chi connectivity index (χ2v) is 10.9. The number of carbonyl (C=O) groups is 1. The number of rotatable bonds is 8. The van der Waals surface area contributed by atoms with E-state index in [9.17, 15) is 13.2 Å². The summed E-state index contributed by atoms with van der Waals surface area (Å²) in [6, 6.07) is 4.42. The molecule has 0 radical (unpaired) electrons. The monoisotopic (exact) mass is 492 g/mol. The zero-order valence-electron chi connectivity index (χ0n) is 19.7. The molecule has 0 spiro atoms. The van der Waals surface area contributed by atoms with Gasteiger partial charge in [0.05, 0.1) is 26.0 Å². The van der Waals surface area contributed by atoms with Crippen LogP contribution in [0.1, 0.15) is 79.5 Å². The summed E-state index contributed by atoms with van der Waals surface area (Å²) in [7, 11) is -0.403. The smallest absolute Gasteiger partial charge is 0.251 e. The van der Waals surface area contributed by atoms with Crippen LogP contribution in [0, 0.1) is 0 Å². The number of ether oxygens (including phenoxy) is 2. The van der Waals surface area contributed by atoms with E-state index in [-0.39, 0.29) is 23.6 Å². The average Bonchev–Trinajstić information content (AvgIpc) is 3.36. The maximum absolute atomic E-state index is 13.4. The van der Waals surface area contributed by atoms with Crippen molar-refractivity contribution >= 4 is 15.9 Å². The minimum absolute atomic E-state index is 0.0543. The van der Waals surface area contributed by atoms with E-state index in [4.69, 9.17) is 14.0 Å². The predicted octanol–water partition coefficient (Wildman–Crippen LogP) is 3.21. The standard InChI is InChI=1S/C23H32N4O6S/c1-31-19-12-11-16(14-20(19)32-2)22(28)24-15-21-25-23(33-26-21)18-10-6-7-13-27(18)34(29,30)17-8-4-3-5-9-17/h11-12,14,17-18H,3-10,13,15H2,1-2H3,(H,24,28)/t18-/m0/s1. The zero-order chi connectivity index (χ0) is 24.1. The van der Waals surface area contributed by atoms with Crippen LogP contribution in [0.4, 0.5) is 0 Å². The van der Waals surface area contributed by atoms with Gasteiger partial charge in [0.1, 0.15) is 6.04 Å². The van der Waals surface area contributed by atoms with Crippen molar-refractivity contribution in [3.05, 3.63) is 35.5 Å². The second kappa shape index (κ2) is 10.7. The largest absolute Gasteiger partial charge is 0.493 e. The van der Waals surface area contributed by atoms with E-state index in [2.05, 4.69) is 15.5 Å². The van der Waals surface area contributed by atoms with Crippen LogP contribution in [0.5, 0.6) is 11.5 Å². The molecule has 0 unspecified atom stereocenters. The molecule has 1 aliphatic heterocycles. The van der Waals surface area contributed by atoms with E-state index >= 15 is 0 Å². The number of carbonyl (C=O) groups excluding carboxylic acids is 1. The minimum atomic E-state index is -3.43. The van der Waals surface area contributed by atoms with E-state index in [1.165, 1.54) is 14.2 Å². The van der Waals surface area contributed by atoms with E-state index in [0.717, 1.165) is 32.1 Å². The molecule has 10 nitrogen and oxygen atoms in total. The number of hydrogen-bond acceptors (Lipinski definition) is 8. The first-order valence-electron chi connectivity index (χ1n) is 11.8. The van der Waals surface area contributed by atoms with Crippen molar-refractivity contribution in [3.8, 4) is 11.5 Å². The molecular weight excluding hydrogens is 460 g/mol. The number of hydrogen-bond donors (Lipinski definition) is 1. The van der Waals surface area contributed by atoms with Crippen LogP contribution in [-0.4, -0.2) is 54.8 Å². The van der Waals surface area contributed by atoms with Gasteiger partial charge in [0.25, 0.3) is 5.91 Å². The molecule has 0 bridgehead atoms. The van der Waals surface area contributed by atoms with Gasteiger partial charge in [-0.05, 0) is 43.9 Å². The molecule has 4 rings (SSSR count). The van der Waals surface area contributed by atoms with Crippen LogP contribution in [0.25, 0.3) is 0 Å². The van der Waals surface area contributed by atoms with Gasteiger partial charge in [0, 0.05) is 12.1 Å². The van der Waals surface area contributed by atoms with Gasteiger partial charge in [-0.1, -0.05) is 30.8 Å². The summed E-state index contributed by atoms with van der Waals surface area (Å²) in [6.45, 7) is 0.524. The number of aromatic nitrogens is 2. The summed E-state index contributed by atoms with van der Waals surface area (Å²) in [6.07, 6.45) is 6.79. The second-order valence-electron chi connectivity index (χ2n) is 8.73. The Labute approximate surface area is 200 Å². The summed E-state index contributed by atoms with van der Waals surface area (Å²) in [5.41, 5.74) is 0.401.